The summed E-state index contributed by atoms with van der Waals surface area (Å²) in [5, 5.41) is 3.26. The van der Waals surface area contributed by atoms with Gasteiger partial charge < -0.3 is 10.3 Å². The van der Waals surface area contributed by atoms with Crippen molar-refractivity contribution < 1.29 is 17.7 Å². The minimum absolute atomic E-state index is 0.107. The molecule has 7 heteroatoms. The molecule has 0 saturated heterocycles. The number of aromatic nitrogens is 2. The van der Waals surface area contributed by atoms with E-state index in [1.807, 2.05) is 0 Å². The van der Waals surface area contributed by atoms with Gasteiger partial charge in [-0.25, -0.2) is 0 Å². The minimum Gasteiger partial charge on any atom is -0.339 e. The molecule has 0 spiro atoms. The lowest BCUT2D eigenvalue weighted by Crippen LogP contribution is -2.12. The average molecular weight is 223 g/mol. The van der Waals surface area contributed by atoms with Crippen LogP contribution in [0.15, 0.2) is 4.52 Å². The number of nitrogens with zero attached hydrogens (tertiary/aromatic N) is 2. The number of halogens is 3. The molecule has 0 radical (unpaired) electrons. The van der Waals surface area contributed by atoms with Crippen LogP contribution in [0.5, 0.6) is 0 Å². The maximum Gasteiger partial charge on any atom is 0.396 e. The van der Waals surface area contributed by atoms with Crippen molar-refractivity contribution in [3.63, 3.8) is 0 Å². The van der Waals surface area contributed by atoms with Crippen LogP contribution in [0.1, 0.15) is 31.0 Å². The fourth-order valence-corrected chi connectivity index (χ4v) is 1.09. The van der Waals surface area contributed by atoms with E-state index in [9.17, 15) is 13.2 Å². The van der Waals surface area contributed by atoms with Crippen LogP contribution in [0.2, 0.25) is 0 Å². The summed E-state index contributed by atoms with van der Waals surface area (Å²) in [6, 6.07) is 0. The van der Waals surface area contributed by atoms with Crippen LogP contribution in [0.4, 0.5) is 13.2 Å². The van der Waals surface area contributed by atoms with Gasteiger partial charge in [-0.15, -0.1) is 0 Å². The van der Waals surface area contributed by atoms with Crippen LogP contribution >= 0.6 is 0 Å². The molecule has 1 heterocycles. The highest BCUT2D eigenvalue weighted by atomic mass is 19.4. The monoisotopic (exact) mass is 223 g/mol. The third kappa shape index (κ3) is 3.86. The molecule has 86 valence electrons. The largest absolute Gasteiger partial charge is 0.396 e. The highest BCUT2D eigenvalue weighted by molar-refractivity contribution is 4.93. The first-order chi connectivity index (χ1) is 6.92. The van der Waals surface area contributed by atoms with E-state index in [1.165, 1.54) is 0 Å². The maximum atomic E-state index is 12.0. The van der Waals surface area contributed by atoms with Crippen molar-refractivity contribution >= 4 is 0 Å². The first-order valence-electron chi connectivity index (χ1n) is 4.51. The second kappa shape index (κ2) is 4.61. The molecular formula is C8H12F3N3O. The summed E-state index contributed by atoms with van der Waals surface area (Å²) in [6.45, 7) is 2.20. The normalized spacial score (nSPS) is 14.2. The van der Waals surface area contributed by atoms with Crippen molar-refractivity contribution in [2.45, 2.75) is 31.9 Å². The quantitative estimate of drug-likeness (QED) is 0.842. The third-order valence-corrected chi connectivity index (χ3v) is 1.86. The number of rotatable bonds is 4. The molecule has 2 N–H and O–H groups in total. The molecule has 0 aliphatic heterocycles. The van der Waals surface area contributed by atoms with Gasteiger partial charge in [-0.05, 0) is 13.0 Å². The second-order valence-corrected chi connectivity index (χ2v) is 3.32. The van der Waals surface area contributed by atoms with Gasteiger partial charge in [-0.2, -0.15) is 18.2 Å². The fraction of sp³-hybridized carbons (Fsp3) is 0.750. The molecular weight excluding hydrogens is 211 g/mol. The van der Waals surface area contributed by atoms with Gasteiger partial charge in [0.1, 0.15) is 6.42 Å². The molecule has 0 aliphatic rings. The predicted octanol–water partition coefficient (Wildman–Crippen LogP) is 1.63. The topological polar surface area (TPSA) is 64.9 Å². The van der Waals surface area contributed by atoms with E-state index >= 15 is 0 Å². The second-order valence-electron chi connectivity index (χ2n) is 3.32. The summed E-state index contributed by atoms with van der Waals surface area (Å²) in [6.07, 6.45) is -4.86. The molecule has 0 saturated carbocycles. The Bertz CT molecular complexity index is 310. The summed E-state index contributed by atoms with van der Waals surface area (Å²) in [5.74, 6) is -0.231. The van der Waals surface area contributed by atoms with Gasteiger partial charge in [0.05, 0.1) is 0 Å². The van der Waals surface area contributed by atoms with Gasteiger partial charge in [0, 0.05) is 5.92 Å². The molecule has 1 atom stereocenters. The molecule has 1 aromatic rings. The Hall–Kier alpha value is -1.11. The number of hydrogen-bond acceptors (Lipinski definition) is 4. The average Bonchev–Trinajstić information content (AvgIpc) is 2.50. The Labute approximate surface area is 84.6 Å². The summed E-state index contributed by atoms with van der Waals surface area (Å²) < 4.78 is 40.6. The standard InChI is InChI=1S/C8H12F3N3O/c1-5(2-3-12)7-13-6(14-15-7)4-8(9,10)11/h5H,2-4,12H2,1H3. The van der Waals surface area contributed by atoms with Crippen molar-refractivity contribution in [1.29, 1.82) is 0 Å². The van der Waals surface area contributed by atoms with Crippen LogP contribution in [0.25, 0.3) is 0 Å². The summed E-state index contributed by atoms with van der Waals surface area (Å²) in [7, 11) is 0. The van der Waals surface area contributed by atoms with Gasteiger partial charge >= 0.3 is 6.18 Å². The first kappa shape index (κ1) is 12.0. The van der Waals surface area contributed by atoms with Crippen LogP contribution in [0.3, 0.4) is 0 Å². The van der Waals surface area contributed by atoms with Crippen LogP contribution in [0, 0.1) is 0 Å². The first-order valence-corrected chi connectivity index (χ1v) is 4.51. The summed E-state index contributed by atoms with van der Waals surface area (Å²) >= 11 is 0. The highest BCUT2D eigenvalue weighted by Gasteiger charge is 2.30. The number of alkyl halides is 3. The van der Waals surface area contributed by atoms with Crippen LogP contribution < -0.4 is 5.73 Å². The zero-order valence-electron chi connectivity index (χ0n) is 8.21. The van der Waals surface area contributed by atoms with Crippen molar-refractivity contribution in [3.05, 3.63) is 11.7 Å². The molecule has 0 bridgehead atoms. The van der Waals surface area contributed by atoms with Gasteiger partial charge in [-0.1, -0.05) is 12.1 Å². The Morgan fingerprint density at radius 1 is 1.47 bits per heavy atom. The predicted molar refractivity (Wildman–Crippen MR) is 46.1 cm³/mol. The Morgan fingerprint density at radius 2 is 2.13 bits per heavy atom. The maximum absolute atomic E-state index is 12.0. The molecule has 4 nitrogen and oxygen atoms in total. The molecule has 0 aliphatic carbocycles. The Morgan fingerprint density at radius 3 is 2.67 bits per heavy atom. The van der Waals surface area contributed by atoms with Crippen molar-refractivity contribution in [2.24, 2.45) is 5.73 Å². The van der Waals surface area contributed by atoms with Crippen LogP contribution in [-0.2, 0) is 6.42 Å². The lowest BCUT2D eigenvalue weighted by atomic mass is 10.1. The van der Waals surface area contributed by atoms with Gasteiger partial charge in [0.15, 0.2) is 5.82 Å². The zero-order valence-corrected chi connectivity index (χ0v) is 8.21. The van der Waals surface area contributed by atoms with Crippen molar-refractivity contribution in [3.8, 4) is 0 Å². The van der Waals surface area contributed by atoms with Gasteiger partial charge in [0.25, 0.3) is 0 Å². The Kier molecular flexibility index (Phi) is 3.67. The SMILES string of the molecule is CC(CCN)c1nc(CC(F)(F)F)no1. The van der Waals surface area contributed by atoms with E-state index in [-0.39, 0.29) is 17.6 Å². The van der Waals surface area contributed by atoms with Crippen LogP contribution in [-0.4, -0.2) is 22.9 Å². The molecule has 15 heavy (non-hydrogen) atoms. The third-order valence-electron chi connectivity index (χ3n) is 1.86. The van der Waals surface area contributed by atoms with Gasteiger partial charge in [-0.3, -0.25) is 0 Å². The fourth-order valence-electron chi connectivity index (χ4n) is 1.09. The number of hydrogen-bond donors (Lipinski definition) is 1. The van der Waals surface area contributed by atoms with Gasteiger partial charge in [0.2, 0.25) is 5.89 Å². The smallest absolute Gasteiger partial charge is 0.339 e. The lowest BCUT2D eigenvalue weighted by Gasteiger charge is -2.02. The molecule has 1 unspecified atom stereocenters. The van der Waals surface area contributed by atoms with E-state index in [0.717, 1.165) is 0 Å². The van der Waals surface area contributed by atoms with E-state index in [4.69, 9.17) is 10.3 Å². The summed E-state index contributed by atoms with van der Waals surface area (Å²) in [4.78, 5) is 3.66. The van der Waals surface area contributed by atoms with E-state index in [0.29, 0.717) is 13.0 Å². The lowest BCUT2D eigenvalue weighted by molar-refractivity contribution is -0.128. The summed E-state index contributed by atoms with van der Waals surface area (Å²) in [5.41, 5.74) is 5.31. The highest BCUT2D eigenvalue weighted by Crippen LogP contribution is 2.21. The Balaban J connectivity index is 2.64. The van der Waals surface area contributed by atoms with E-state index < -0.39 is 12.6 Å². The molecule has 0 fully saturated rings. The number of nitrogens with two attached hydrogens (primary N) is 1. The molecule has 1 aromatic heterocycles. The van der Waals surface area contributed by atoms with Crippen molar-refractivity contribution in [2.75, 3.05) is 6.54 Å². The molecule has 0 aromatic carbocycles. The molecule has 1 rings (SSSR count). The molecule has 0 amide bonds. The minimum atomic E-state index is -4.31. The van der Waals surface area contributed by atoms with E-state index in [2.05, 4.69) is 10.1 Å². The van der Waals surface area contributed by atoms with Crippen molar-refractivity contribution in [1.82, 2.24) is 10.1 Å². The van der Waals surface area contributed by atoms with E-state index in [1.54, 1.807) is 6.92 Å². The zero-order chi connectivity index (χ0) is 11.5.